The van der Waals surface area contributed by atoms with Gasteiger partial charge in [-0.15, -0.1) is 0 Å². The number of carbonyl (C=O) groups excluding carboxylic acids is 1. The third-order valence-electron chi connectivity index (χ3n) is 9.95. The highest BCUT2D eigenvalue weighted by atomic mass is 19.4. The van der Waals surface area contributed by atoms with Crippen molar-refractivity contribution in [2.24, 2.45) is 5.41 Å². The maximum absolute atomic E-state index is 14.4. The molecule has 1 amide bonds. The molecule has 0 unspecified atom stereocenters. The van der Waals surface area contributed by atoms with Gasteiger partial charge in [0.2, 0.25) is 5.91 Å². The zero-order valence-corrected chi connectivity index (χ0v) is 27.5. The van der Waals surface area contributed by atoms with Crippen LogP contribution in [0, 0.1) is 5.41 Å². The fraction of sp³-hybridized carbons (Fsp3) is 0.500. The molecule has 272 valence electrons. The molecule has 0 bridgehead atoms. The summed E-state index contributed by atoms with van der Waals surface area (Å²) in [5.74, 6) is -2.51. The number of aliphatic carboxylic acids is 1. The molecular weight excluding hydrogens is 671 g/mol. The van der Waals surface area contributed by atoms with E-state index < -0.39 is 74.3 Å². The highest BCUT2D eigenvalue weighted by Crippen LogP contribution is 2.47. The molecular formula is C36H40F7N3O4. The van der Waals surface area contributed by atoms with Gasteiger partial charge in [-0.1, -0.05) is 48.5 Å². The van der Waals surface area contributed by atoms with Gasteiger partial charge in [0, 0.05) is 31.6 Å². The van der Waals surface area contributed by atoms with E-state index in [1.807, 2.05) is 30.3 Å². The van der Waals surface area contributed by atoms with E-state index in [9.17, 15) is 45.4 Å². The zero-order valence-electron chi connectivity index (χ0n) is 27.5. The summed E-state index contributed by atoms with van der Waals surface area (Å²) in [5.41, 5.74) is 0.0289. The molecule has 0 aromatic heterocycles. The van der Waals surface area contributed by atoms with E-state index in [-0.39, 0.29) is 6.42 Å². The number of rotatable bonds is 11. The Kier molecular flexibility index (Phi) is 11.3. The number of carbonyl (C=O) groups is 2. The summed E-state index contributed by atoms with van der Waals surface area (Å²) in [6.07, 6.45) is -11.1. The minimum Gasteiger partial charge on any atom is -0.496 e. The van der Waals surface area contributed by atoms with E-state index in [1.54, 1.807) is 31.4 Å². The summed E-state index contributed by atoms with van der Waals surface area (Å²) in [6.45, 7) is -0.615. The van der Waals surface area contributed by atoms with Crippen molar-refractivity contribution in [3.05, 3.63) is 65.7 Å². The monoisotopic (exact) mass is 711 g/mol. The SMILES string of the molecule is COc1cccc(CCN2CCC(F)CC2)c1-c1cccc2c(C[C@H](NC(=O)C3(C(F)(F)F)CCN(CC(F)(F)F)CC3)C(=O)O)cccc12. The molecule has 50 heavy (non-hydrogen) atoms. The van der Waals surface area contributed by atoms with Gasteiger partial charge in [-0.3, -0.25) is 9.69 Å². The number of carboxylic acids is 1. The molecule has 0 aliphatic carbocycles. The Balaban J connectivity index is 1.41. The average molecular weight is 712 g/mol. The first-order valence-electron chi connectivity index (χ1n) is 16.5. The van der Waals surface area contributed by atoms with Crippen molar-refractivity contribution in [3.8, 4) is 16.9 Å². The normalized spacial score (nSPS) is 18.6. The molecule has 0 spiro atoms. The number of methoxy groups -OCH3 is 1. The Labute approximate surface area is 285 Å². The first-order valence-corrected chi connectivity index (χ1v) is 16.5. The predicted molar refractivity (Wildman–Crippen MR) is 174 cm³/mol. The number of fused-ring (bicyclic) bond motifs is 1. The molecule has 2 N–H and O–H groups in total. The van der Waals surface area contributed by atoms with Crippen LogP contribution < -0.4 is 10.1 Å². The highest BCUT2D eigenvalue weighted by molar-refractivity contribution is 6.00. The number of alkyl halides is 7. The molecule has 5 rings (SSSR count). The topological polar surface area (TPSA) is 82.1 Å². The number of benzene rings is 3. The van der Waals surface area contributed by atoms with Crippen LogP contribution in [0.25, 0.3) is 21.9 Å². The summed E-state index contributed by atoms with van der Waals surface area (Å²) < 4.78 is 101. The number of carboxylic acid groups (broad SMARTS) is 1. The van der Waals surface area contributed by atoms with Gasteiger partial charge >= 0.3 is 18.3 Å². The number of hydrogen-bond acceptors (Lipinski definition) is 5. The van der Waals surface area contributed by atoms with Gasteiger partial charge in [0.25, 0.3) is 0 Å². The second kappa shape index (κ2) is 15.1. The molecule has 0 radical (unpaired) electrons. The van der Waals surface area contributed by atoms with E-state index in [4.69, 9.17) is 4.74 Å². The molecule has 3 aromatic carbocycles. The van der Waals surface area contributed by atoms with Gasteiger partial charge in [0.15, 0.2) is 0 Å². The lowest BCUT2D eigenvalue weighted by atomic mass is 9.76. The third kappa shape index (κ3) is 8.34. The summed E-state index contributed by atoms with van der Waals surface area (Å²) in [7, 11) is 1.55. The molecule has 2 aliphatic heterocycles. The van der Waals surface area contributed by atoms with Crippen LogP contribution in [0.4, 0.5) is 30.7 Å². The van der Waals surface area contributed by atoms with Gasteiger partial charge in [-0.05, 0) is 78.7 Å². The predicted octanol–water partition coefficient (Wildman–Crippen LogP) is 6.81. The number of likely N-dealkylation sites (tertiary alicyclic amines) is 2. The molecule has 0 saturated carbocycles. The minimum atomic E-state index is -5.12. The van der Waals surface area contributed by atoms with Crippen molar-refractivity contribution in [2.75, 3.05) is 46.4 Å². The third-order valence-corrected chi connectivity index (χ3v) is 9.95. The van der Waals surface area contributed by atoms with Crippen molar-refractivity contribution in [2.45, 2.75) is 63.1 Å². The van der Waals surface area contributed by atoms with Crippen LogP contribution in [0.5, 0.6) is 5.75 Å². The van der Waals surface area contributed by atoms with Gasteiger partial charge in [0.05, 0.1) is 13.7 Å². The van der Waals surface area contributed by atoms with E-state index >= 15 is 0 Å². The Morgan fingerprint density at radius 1 is 0.900 bits per heavy atom. The number of amides is 1. The minimum absolute atomic E-state index is 0.348. The van der Waals surface area contributed by atoms with Crippen molar-refractivity contribution >= 4 is 22.6 Å². The number of nitrogens with zero attached hydrogens (tertiary/aromatic N) is 2. The summed E-state index contributed by atoms with van der Waals surface area (Å²) in [5, 5.41) is 13.5. The zero-order chi connectivity index (χ0) is 36.3. The van der Waals surface area contributed by atoms with Gasteiger partial charge in [-0.25, -0.2) is 9.18 Å². The van der Waals surface area contributed by atoms with E-state index in [0.717, 1.165) is 27.0 Å². The molecule has 2 fully saturated rings. The Morgan fingerprint density at radius 2 is 1.52 bits per heavy atom. The lowest BCUT2D eigenvalue weighted by Crippen LogP contribution is -2.59. The largest absolute Gasteiger partial charge is 0.496 e. The Hall–Kier alpha value is -3.91. The van der Waals surface area contributed by atoms with E-state index in [0.29, 0.717) is 55.6 Å². The van der Waals surface area contributed by atoms with Crippen LogP contribution in [0.15, 0.2) is 54.6 Å². The molecule has 2 saturated heterocycles. The number of ether oxygens (including phenoxy) is 1. The van der Waals surface area contributed by atoms with Crippen molar-refractivity contribution < 1.29 is 50.2 Å². The molecule has 14 heteroatoms. The number of halogens is 7. The fourth-order valence-corrected chi connectivity index (χ4v) is 7.14. The molecule has 2 aliphatic rings. The number of hydrogen-bond donors (Lipinski definition) is 2. The number of nitrogens with one attached hydrogen (secondary N) is 1. The van der Waals surface area contributed by atoms with Crippen LogP contribution in [-0.4, -0.2) is 97.7 Å². The Bertz CT molecular complexity index is 1660. The second-order valence-electron chi connectivity index (χ2n) is 13.1. The highest BCUT2D eigenvalue weighted by Gasteiger charge is 2.61. The molecule has 2 heterocycles. The number of piperidine rings is 2. The maximum atomic E-state index is 14.4. The fourth-order valence-electron chi connectivity index (χ4n) is 7.14. The van der Waals surface area contributed by atoms with Crippen LogP contribution in [0.2, 0.25) is 0 Å². The van der Waals surface area contributed by atoms with E-state index in [1.165, 1.54) is 0 Å². The lowest BCUT2D eigenvalue weighted by molar-refractivity contribution is -0.236. The van der Waals surface area contributed by atoms with Crippen LogP contribution in [-0.2, 0) is 22.4 Å². The molecule has 3 aromatic rings. The quantitative estimate of drug-likeness (QED) is 0.213. The lowest BCUT2D eigenvalue weighted by Gasteiger charge is -2.42. The Morgan fingerprint density at radius 3 is 2.14 bits per heavy atom. The van der Waals surface area contributed by atoms with Crippen LogP contribution in [0.1, 0.15) is 36.8 Å². The standard InChI is InChI=1S/C36H40F7N3O4/c1-50-30-10-3-5-23(11-16-45-17-12-25(37)13-18-45)31(30)28-9-4-7-26-24(6-2-8-27(26)28)21-29(32(47)48)44-33(49)34(36(41,42)43)14-19-46(20-15-34)22-35(38,39)40/h2-10,25,29H,11-22H2,1H3,(H,44,49)(H,47,48)/t29-/m0/s1. The van der Waals surface area contributed by atoms with Crippen LogP contribution >= 0.6 is 0 Å². The van der Waals surface area contributed by atoms with Crippen molar-refractivity contribution in [1.29, 1.82) is 0 Å². The maximum Gasteiger partial charge on any atom is 0.403 e. The average Bonchev–Trinajstić information content (AvgIpc) is 3.06. The van der Waals surface area contributed by atoms with Gasteiger partial charge in [0.1, 0.15) is 23.4 Å². The summed E-state index contributed by atoms with van der Waals surface area (Å²) >= 11 is 0. The summed E-state index contributed by atoms with van der Waals surface area (Å²) in [6, 6.07) is 14.6. The molecule has 7 nitrogen and oxygen atoms in total. The van der Waals surface area contributed by atoms with Crippen molar-refractivity contribution in [1.82, 2.24) is 15.1 Å². The van der Waals surface area contributed by atoms with Gasteiger partial charge < -0.3 is 20.1 Å². The van der Waals surface area contributed by atoms with Crippen molar-refractivity contribution in [3.63, 3.8) is 0 Å². The first kappa shape index (κ1) is 37.3. The smallest absolute Gasteiger partial charge is 0.403 e. The second-order valence-corrected chi connectivity index (χ2v) is 13.1. The first-order chi connectivity index (χ1) is 23.6. The van der Waals surface area contributed by atoms with E-state index in [2.05, 4.69) is 10.2 Å². The van der Waals surface area contributed by atoms with Gasteiger partial charge in [-0.2, -0.15) is 26.3 Å². The molecule has 1 atom stereocenters. The van der Waals surface area contributed by atoms with Crippen LogP contribution in [0.3, 0.4) is 0 Å². The summed E-state index contributed by atoms with van der Waals surface area (Å²) in [4.78, 5) is 28.7.